The summed E-state index contributed by atoms with van der Waals surface area (Å²) in [6.07, 6.45) is 8.98. The predicted molar refractivity (Wildman–Crippen MR) is 225 cm³/mol. The highest BCUT2D eigenvalue weighted by Gasteiger charge is 2.35. The van der Waals surface area contributed by atoms with Crippen molar-refractivity contribution >= 4 is 40.7 Å². The van der Waals surface area contributed by atoms with Crippen LogP contribution in [-0.4, -0.2) is 131 Å². The van der Waals surface area contributed by atoms with E-state index >= 15 is 0 Å². The fourth-order valence-corrected chi connectivity index (χ4v) is 8.52. The number of likely N-dealkylation sites (tertiary alicyclic amines) is 2. The predicted octanol–water partition coefficient (Wildman–Crippen LogP) is 5.20. The van der Waals surface area contributed by atoms with Crippen LogP contribution in [0.2, 0.25) is 0 Å². The van der Waals surface area contributed by atoms with Crippen LogP contribution in [-0.2, 0) is 28.5 Å². The van der Waals surface area contributed by atoms with Gasteiger partial charge in [-0.05, 0) is 67.5 Å². The molecule has 8 rings (SSSR count). The van der Waals surface area contributed by atoms with E-state index in [2.05, 4.69) is 67.3 Å². The molecular formula is C44H55N9O8. The second-order valence-electron chi connectivity index (χ2n) is 16.4. The van der Waals surface area contributed by atoms with Gasteiger partial charge >= 0.3 is 12.2 Å². The van der Waals surface area contributed by atoms with E-state index in [4.69, 9.17) is 23.9 Å². The van der Waals surface area contributed by atoms with Gasteiger partial charge in [0.2, 0.25) is 17.8 Å². The van der Waals surface area contributed by atoms with E-state index in [9.17, 15) is 19.2 Å². The number of nitrogens with zero attached hydrogens (tertiary/aromatic N) is 5. The zero-order valence-electron chi connectivity index (χ0n) is 34.8. The van der Waals surface area contributed by atoms with Crippen molar-refractivity contribution in [3.05, 3.63) is 60.8 Å². The Morgan fingerprint density at radius 2 is 1.34 bits per heavy atom. The summed E-state index contributed by atoms with van der Waals surface area (Å²) in [6.45, 7) is 8.06. The molecule has 0 aliphatic carbocycles. The number of nitrogens with one attached hydrogen (secondary N) is 4. The highest BCUT2D eigenvalue weighted by molar-refractivity contribution is 5.90. The molecule has 0 bridgehead atoms. The molecule has 4 N–H and O–H groups in total. The molecule has 2 aromatic heterocycles. The molecule has 4 saturated heterocycles. The average molecular weight is 838 g/mol. The first-order chi connectivity index (χ1) is 29.7. The van der Waals surface area contributed by atoms with Crippen molar-refractivity contribution in [2.24, 2.45) is 5.92 Å². The van der Waals surface area contributed by atoms with Gasteiger partial charge < -0.3 is 49.7 Å². The van der Waals surface area contributed by atoms with Crippen LogP contribution < -0.4 is 16.0 Å². The smallest absolute Gasteiger partial charge is 0.408 e. The summed E-state index contributed by atoms with van der Waals surface area (Å²) in [5.41, 5.74) is 3.72. The Hall–Kier alpha value is -5.81. The van der Waals surface area contributed by atoms with Gasteiger partial charge in [0.1, 0.15) is 30.1 Å². The van der Waals surface area contributed by atoms with Crippen molar-refractivity contribution in [1.29, 1.82) is 0 Å². The molecule has 6 heterocycles. The third kappa shape index (κ3) is 10.4. The van der Waals surface area contributed by atoms with E-state index in [0.29, 0.717) is 84.2 Å². The number of ether oxygens (including phenoxy) is 4. The lowest BCUT2D eigenvalue weighted by Gasteiger charge is -2.27. The monoisotopic (exact) mass is 837 g/mol. The molecule has 17 nitrogen and oxygen atoms in total. The topological polar surface area (TPSA) is 202 Å². The number of fused-ring (bicyclic) bond motifs is 1. The van der Waals surface area contributed by atoms with Crippen molar-refractivity contribution in [3.8, 4) is 22.4 Å². The first-order valence-electron chi connectivity index (χ1n) is 21.5. The molecule has 4 aliphatic heterocycles. The van der Waals surface area contributed by atoms with Crippen LogP contribution in [0.5, 0.6) is 0 Å². The quantitative estimate of drug-likeness (QED) is 0.146. The van der Waals surface area contributed by atoms with Crippen molar-refractivity contribution in [2.75, 3.05) is 57.9 Å². The normalized spacial score (nSPS) is 20.9. The molecule has 4 aromatic rings. The van der Waals surface area contributed by atoms with Gasteiger partial charge in [0.25, 0.3) is 0 Å². The summed E-state index contributed by atoms with van der Waals surface area (Å²) < 4.78 is 21.6. The molecule has 0 saturated carbocycles. The number of aromatic amines is 1. The minimum Gasteiger partial charge on any atom is -0.446 e. The summed E-state index contributed by atoms with van der Waals surface area (Å²) in [7, 11) is 0. The number of hydrogen-bond donors (Lipinski definition) is 4. The fraction of sp³-hybridized carbons (Fsp3) is 0.523. The third-order valence-electron chi connectivity index (χ3n) is 12.0. The lowest BCUT2D eigenvalue weighted by atomic mass is 10.0. The molecule has 0 unspecified atom stereocenters. The zero-order chi connectivity index (χ0) is 42.3. The number of aromatic nitrogens is 4. The summed E-state index contributed by atoms with van der Waals surface area (Å²) in [5, 5.41) is 10.9. The molecular weight excluding hydrogens is 783 g/mol. The van der Waals surface area contributed by atoms with Crippen LogP contribution >= 0.6 is 0 Å². The number of anilines is 1. The number of rotatable bonds is 12. The fourth-order valence-electron chi connectivity index (χ4n) is 8.52. The van der Waals surface area contributed by atoms with E-state index in [-0.39, 0.29) is 36.0 Å². The standard InChI is InChI=1S/C44H55N9O8/c1-27(49-43(56)60-35-10-16-58-17-11-35)40(54)52-15-9-29(26-52)22-46-42-47-23-34(24-48-42)32-6-5-31-21-33(8-7-30(31)20-32)37-25-45-39(51-37)38-4-3-14-53(38)41(55)28(2)50-44(57)61-36-12-18-59-19-13-36/h5-8,20-21,23-25,27-29,35-36,38H,3-4,9-19,22,26H2,1-2H3,(H,45,51)(H,49,56)(H,50,57)(H,46,47,48)/t27-,28+,29+,38+/m0/s1. The van der Waals surface area contributed by atoms with E-state index in [1.165, 1.54) is 0 Å². The highest BCUT2D eigenvalue weighted by atomic mass is 16.6. The Balaban J connectivity index is 0.813. The zero-order valence-corrected chi connectivity index (χ0v) is 34.8. The Morgan fingerprint density at radius 1 is 0.738 bits per heavy atom. The van der Waals surface area contributed by atoms with E-state index in [1.807, 2.05) is 6.20 Å². The number of alkyl carbamates (subject to hydrolysis) is 2. The Morgan fingerprint density at radius 3 is 2.00 bits per heavy atom. The van der Waals surface area contributed by atoms with E-state index < -0.39 is 24.3 Å². The minimum absolute atomic E-state index is 0.123. The first-order valence-corrected chi connectivity index (χ1v) is 21.5. The number of H-pyrrole nitrogens is 1. The molecule has 0 spiro atoms. The van der Waals surface area contributed by atoms with Crippen LogP contribution in [0.3, 0.4) is 0 Å². The molecule has 324 valence electrons. The van der Waals surface area contributed by atoms with Crippen molar-refractivity contribution in [2.45, 2.75) is 89.1 Å². The lowest BCUT2D eigenvalue weighted by molar-refractivity contribution is -0.134. The van der Waals surface area contributed by atoms with Crippen molar-refractivity contribution in [1.82, 2.24) is 40.4 Å². The van der Waals surface area contributed by atoms with Gasteiger partial charge in [0.15, 0.2) is 0 Å². The molecule has 2 aromatic carbocycles. The van der Waals surface area contributed by atoms with Gasteiger partial charge in [0.05, 0.1) is 44.4 Å². The van der Waals surface area contributed by atoms with Crippen molar-refractivity contribution in [3.63, 3.8) is 0 Å². The Bertz CT molecular complexity index is 2170. The Kier molecular flexibility index (Phi) is 13.2. The average Bonchev–Trinajstić information content (AvgIpc) is 4.08. The summed E-state index contributed by atoms with van der Waals surface area (Å²) in [4.78, 5) is 72.2. The largest absolute Gasteiger partial charge is 0.446 e. The van der Waals surface area contributed by atoms with Gasteiger partial charge in [0, 0.05) is 75.4 Å². The maximum atomic E-state index is 13.5. The van der Waals surface area contributed by atoms with Crippen molar-refractivity contribution < 1.29 is 38.1 Å². The maximum absolute atomic E-state index is 13.5. The van der Waals surface area contributed by atoms with E-state index in [1.54, 1.807) is 36.0 Å². The second-order valence-corrected chi connectivity index (χ2v) is 16.4. The van der Waals surface area contributed by atoms with E-state index in [0.717, 1.165) is 58.2 Å². The number of carbonyl (C=O) groups is 4. The maximum Gasteiger partial charge on any atom is 0.408 e. The SMILES string of the molecule is C[C@H](NC(=O)OC1CCOCC1)C(=O)N1CC[C@H](CNc2ncc(-c3ccc4cc(-c5cnc([C@H]6CCCN6C(=O)[C@@H](C)NC(=O)OC6CCOCC6)[nH]5)ccc4c3)cn2)C1. The highest BCUT2D eigenvalue weighted by Crippen LogP contribution is 2.33. The molecule has 4 fully saturated rings. The lowest BCUT2D eigenvalue weighted by Crippen LogP contribution is -2.47. The number of benzene rings is 2. The van der Waals surface area contributed by atoms with Crippen LogP contribution in [0, 0.1) is 5.92 Å². The second kappa shape index (κ2) is 19.3. The number of amides is 4. The van der Waals surface area contributed by atoms with Gasteiger partial charge in [-0.15, -0.1) is 0 Å². The molecule has 61 heavy (non-hydrogen) atoms. The summed E-state index contributed by atoms with van der Waals surface area (Å²) >= 11 is 0. The van der Waals surface area contributed by atoms with Crippen LogP contribution in [0.1, 0.15) is 70.7 Å². The molecule has 17 heteroatoms. The van der Waals surface area contributed by atoms with Crippen LogP contribution in [0.15, 0.2) is 55.0 Å². The number of imidazole rings is 1. The van der Waals surface area contributed by atoms with Gasteiger partial charge in [-0.3, -0.25) is 9.59 Å². The molecule has 4 amide bonds. The van der Waals surface area contributed by atoms with Gasteiger partial charge in [-0.2, -0.15) is 0 Å². The summed E-state index contributed by atoms with van der Waals surface area (Å²) in [5.74, 6) is 1.18. The first kappa shape index (κ1) is 41.9. The van der Waals surface area contributed by atoms with Crippen LogP contribution in [0.25, 0.3) is 33.2 Å². The number of carbonyl (C=O) groups excluding carboxylic acids is 4. The Labute approximate surface area is 354 Å². The third-order valence-corrected chi connectivity index (χ3v) is 12.0. The van der Waals surface area contributed by atoms with Gasteiger partial charge in [-0.1, -0.05) is 24.3 Å². The molecule has 0 radical (unpaired) electrons. The summed E-state index contributed by atoms with van der Waals surface area (Å²) in [6, 6.07) is 10.9. The van der Waals surface area contributed by atoms with Gasteiger partial charge in [-0.25, -0.2) is 24.5 Å². The van der Waals surface area contributed by atoms with Crippen LogP contribution in [0.4, 0.5) is 15.5 Å². The molecule has 4 atom stereocenters. The number of hydrogen-bond acceptors (Lipinski definition) is 12. The minimum atomic E-state index is -0.732. The molecule has 4 aliphatic rings.